The number of rotatable bonds is 8. The third-order valence-electron chi connectivity index (χ3n) is 2.46. The number of ether oxygens (including phenoxy) is 1. The van der Waals surface area contributed by atoms with Crippen molar-refractivity contribution in [3.05, 3.63) is 35.7 Å². The Balaban J connectivity index is 2.61. The van der Waals surface area contributed by atoms with Gasteiger partial charge in [-0.15, -0.1) is 0 Å². The average molecular weight is 278 g/mol. The quantitative estimate of drug-likeness (QED) is 0.553. The maximum absolute atomic E-state index is 12.0. The van der Waals surface area contributed by atoms with Crippen LogP contribution < -0.4 is 5.32 Å². The summed E-state index contributed by atoms with van der Waals surface area (Å²) in [4.78, 5) is 26.4. The third kappa shape index (κ3) is 5.62. The van der Waals surface area contributed by atoms with Crippen molar-refractivity contribution in [2.75, 3.05) is 19.8 Å². The molecule has 0 atom stereocenters. The lowest BCUT2D eigenvalue weighted by Gasteiger charge is -2.07. The van der Waals surface area contributed by atoms with Gasteiger partial charge in [0.25, 0.3) is 5.91 Å². The highest BCUT2D eigenvalue weighted by atomic mass is 16.5. The zero-order valence-corrected chi connectivity index (χ0v) is 11.3. The number of hydrogen-bond acceptors (Lipinski definition) is 4. The molecule has 0 fully saturated rings. The number of hydrogen-bond donors (Lipinski definition) is 2. The monoisotopic (exact) mass is 278 g/mol. The summed E-state index contributed by atoms with van der Waals surface area (Å²) in [6.45, 7) is 3.67. The molecule has 0 aromatic carbocycles. The van der Waals surface area contributed by atoms with Gasteiger partial charge in [-0.3, -0.25) is 9.78 Å². The van der Waals surface area contributed by atoms with Crippen LogP contribution in [0.25, 0.3) is 6.08 Å². The Bertz CT molecular complexity index is 486. The molecular formula is C14H18N2O4. The minimum absolute atomic E-state index is 0.256. The van der Waals surface area contributed by atoms with Gasteiger partial charge in [-0.1, -0.05) is 0 Å². The highest BCUT2D eigenvalue weighted by molar-refractivity contribution is 5.98. The van der Waals surface area contributed by atoms with Crippen molar-refractivity contribution in [3.8, 4) is 0 Å². The molecule has 0 saturated carbocycles. The SMILES string of the molecule is CCOCCCNC(=O)c1ccncc1C=CC(=O)O. The largest absolute Gasteiger partial charge is 0.478 e. The molecule has 0 spiro atoms. The zero-order chi connectivity index (χ0) is 14.8. The minimum Gasteiger partial charge on any atom is -0.478 e. The Morgan fingerprint density at radius 1 is 1.50 bits per heavy atom. The molecule has 1 heterocycles. The molecule has 0 aliphatic heterocycles. The van der Waals surface area contributed by atoms with Gasteiger partial charge < -0.3 is 15.2 Å². The number of pyridine rings is 1. The van der Waals surface area contributed by atoms with E-state index < -0.39 is 5.97 Å². The third-order valence-corrected chi connectivity index (χ3v) is 2.46. The average Bonchev–Trinajstić information content (AvgIpc) is 2.45. The molecule has 1 rings (SSSR count). The number of carbonyl (C=O) groups is 2. The summed E-state index contributed by atoms with van der Waals surface area (Å²) < 4.78 is 5.17. The van der Waals surface area contributed by atoms with Crippen LogP contribution in [0.1, 0.15) is 29.3 Å². The Kier molecular flexibility index (Phi) is 6.99. The van der Waals surface area contributed by atoms with Crippen molar-refractivity contribution >= 4 is 18.0 Å². The second-order valence-electron chi connectivity index (χ2n) is 3.94. The Hall–Kier alpha value is -2.21. The van der Waals surface area contributed by atoms with Gasteiger partial charge in [-0.05, 0) is 25.5 Å². The van der Waals surface area contributed by atoms with Gasteiger partial charge in [0.15, 0.2) is 0 Å². The molecule has 0 saturated heterocycles. The first-order chi connectivity index (χ1) is 9.65. The van der Waals surface area contributed by atoms with Crippen LogP contribution in [-0.4, -0.2) is 41.7 Å². The molecule has 1 amide bonds. The fraction of sp³-hybridized carbons (Fsp3) is 0.357. The molecule has 6 heteroatoms. The van der Waals surface area contributed by atoms with E-state index in [-0.39, 0.29) is 5.91 Å². The van der Waals surface area contributed by atoms with E-state index in [4.69, 9.17) is 9.84 Å². The number of carboxylic acids is 1. The molecule has 2 N–H and O–H groups in total. The van der Waals surface area contributed by atoms with Crippen LogP contribution in [0.15, 0.2) is 24.5 Å². The number of amides is 1. The number of carboxylic acid groups (broad SMARTS) is 1. The lowest BCUT2D eigenvalue weighted by atomic mass is 10.1. The van der Waals surface area contributed by atoms with E-state index in [1.165, 1.54) is 18.5 Å². The van der Waals surface area contributed by atoms with E-state index in [1.807, 2.05) is 6.92 Å². The molecule has 0 bridgehead atoms. The van der Waals surface area contributed by atoms with E-state index in [9.17, 15) is 9.59 Å². The summed E-state index contributed by atoms with van der Waals surface area (Å²) in [6, 6.07) is 1.55. The second kappa shape index (κ2) is 8.82. The summed E-state index contributed by atoms with van der Waals surface area (Å²) in [7, 11) is 0. The predicted molar refractivity (Wildman–Crippen MR) is 74.4 cm³/mol. The highest BCUT2D eigenvalue weighted by Gasteiger charge is 2.09. The first kappa shape index (κ1) is 15.8. The molecule has 0 unspecified atom stereocenters. The zero-order valence-electron chi connectivity index (χ0n) is 11.3. The summed E-state index contributed by atoms with van der Waals surface area (Å²) in [5.41, 5.74) is 0.867. The van der Waals surface area contributed by atoms with E-state index in [2.05, 4.69) is 10.3 Å². The lowest BCUT2D eigenvalue weighted by molar-refractivity contribution is -0.131. The van der Waals surface area contributed by atoms with Crippen LogP contribution in [0.2, 0.25) is 0 Å². The van der Waals surface area contributed by atoms with Gasteiger partial charge in [-0.25, -0.2) is 4.79 Å². The normalized spacial score (nSPS) is 10.7. The minimum atomic E-state index is -1.07. The van der Waals surface area contributed by atoms with Crippen molar-refractivity contribution in [3.63, 3.8) is 0 Å². The molecule has 0 aliphatic rings. The van der Waals surface area contributed by atoms with E-state index in [0.29, 0.717) is 30.9 Å². The van der Waals surface area contributed by atoms with Crippen molar-refractivity contribution in [2.24, 2.45) is 0 Å². The molecule has 0 aliphatic carbocycles. The van der Waals surface area contributed by atoms with E-state index in [0.717, 1.165) is 12.5 Å². The summed E-state index contributed by atoms with van der Waals surface area (Å²) in [6.07, 6.45) is 6.00. The standard InChI is InChI=1S/C14H18N2O4/c1-2-20-9-3-7-16-14(19)12-6-8-15-10-11(12)4-5-13(17)18/h4-6,8,10H,2-3,7,9H2,1H3,(H,16,19)(H,17,18). The smallest absolute Gasteiger partial charge is 0.328 e. The molecular weight excluding hydrogens is 260 g/mol. The summed E-state index contributed by atoms with van der Waals surface area (Å²) in [5, 5.41) is 11.4. The maximum Gasteiger partial charge on any atom is 0.328 e. The van der Waals surface area contributed by atoms with Crippen LogP contribution >= 0.6 is 0 Å². The predicted octanol–water partition coefficient (Wildman–Crippen LogP) is 1.34. The molecule has 20 heavy (non-hydrogen) atoms. The number of carbonyl (C=O) groups excluding carboxylic acids is 1. The fourth-order valence-corrected chi connectivity index (χ4v) is 1.52. The van der Waals surface area contributed by atoms with Crippen LogP contribution in [-0.2, 0) is 9.53 Å². The number of aliphatic carboxylic acids is 1. The van der Waals surface area contributed by atoms with Gasteiger partial charge in [0.2, 0.25) is 0 Å². The number of aromatic nitrogens is 1. The van der Waals surface area contributed by atoms with Gasteiger partial charge in [0.05, 0.1) is 0 Å². The van der Waals surface area contributed by atoms with Crippen LogP contribution in [0.5, 0.6) is 0 Å². The Labute approximate surface area is 117 Å². The van der Waals surface area contributed by atoms with Gasteiger partial charge in [0.1, 0.15) is 0 Å². The maximum atomic E-state index is 12.0. The first-order valence-electron chi connectivity index (χ1n) is 6.36. The van der Waals surface area contributed by atoms with E-state index in [1.54, 1.807) is 6.07 Å². The molecule has 108 valence electrons. The number of nitrogens with zero attached hydrogens (tertiary/aromatic N) is 1. The molecule has 1 aromatic heterocycles. The van der Waals surface area contributed by atoms with Gasteiger partial charge in [-0.2, -0.15) is 0 Å². The van der Waals surface area contributed by atoms with Gasteiger partial charge >= 0.3 is 5.97 Å². The van der Waals surface area contributed by atoms with Gasteiger partial charge in [0, 0.05) is 49.4 Å². The van der Waals surface area contributed by atoms with Crippen molar-refractivity contribution in [1.82, 2.24) is 10.3 Å². The first-order valence-corrected chi connectivity index (χ1v) is 6.36. The Morgan fingerprint density at radius 2 is 2.30 bits per heavy atom. The molecule has 6 nitrogen and oxygen atoms in total. The molecule has 1 aromatic rings. The van der Waals surface area contributed by atoms with Crippen LogP contribution in [0, 0.1) is 0 Å². The van der Waals surface area contributed by atoms with Crippen LogP contribution in [0.4, 0.5) is 0 Å². The summed E-state index contributed by atoms with van der Waals surface area (Å²) in [5.74, 6) is -1.33. The van der Waals surface area contributed by atoms with Crippen molar-refractivity contribution in [1.29, 1.82) is 0 Å². The van der Waals surface area contributed by atoms with Crippen LogP contribution in [0.3, 0.4) is 0 Å². The number of nitrogens with one attached hydrogen (secondary N) is 1. The fourth-order valence-electron chi connectivity index (χ4n) is 1.52. The molecule has 0 radical (unpaired) electrons. The summed E-state index contributed by atoms with van der Waals surface area (Å²) >= 11 is 0. The highest BCUT2D eigenvalue weighted by Crippen LogP contribution is 2.09. The van der Waals surface area contributed by atoms with Crippen molar-refractivity contribution < 1.29 is 19.4 Å². The Morgan fingerprint density at radius 3 is 3.00 bits per heavy atom. The second-order valence-corrected chi connectivity index (χ2v) is 3.94. The lowest BCUT2D eigenvalue weighted by Crippen LogP contribution is -2.26. The van der Waals surface area contributed by atoms with E-state index >= 15 is 0 Å². The topological polar surface area (TPSA) is 88.5 Å². The van der Waals surface area contributed by atoms with Crippen molar-refractivity contribution in [2.45, 2.75) is 13.3 Å².